The summed E-state index contributed by atoms with van der Waals surface area (Å²) in [7, 11) is -2.03. The second kappa shape index (κ2) is 9.90. The van der Waals surface area contributed by atoms with Crippen LogP contribution in [0.25, 0.3) is 0 Å². The zero-order valence-electron chi connectivity index (χ0n) is 12.2. The monoisotopic (exact) mass is 394 g/mol. The van der Waals surface area contributed by atoms with E-state index in [-0.39, 0.29) is 30.5 Å². The Kier molecular flexibility index (Phi) is 8.57. The number of hydrogen-bond acceptors (Lipinski definition) is 5. The van der Waals surface area contributed by atoms with E-state index >= 15 is 0 Å². The number of methoxy groups -OCH3 is 1. The van der Waals surface area contributed by atoms with Crippen LogP contribution in [0.15, 0.2) is 33.6 Å². The lowest BCUT2D eigenvalue weighted by molar-refractivity contribution is -0.126. The maximum atomic E-state index is 12.0. The fourth-order valence-corrected chi connectivity index (χ4v) is 2.74. The second-order valence-corrected chi connectivity index (χ2v) is 6.93. The van der Waals surface area contributed by atoms with Gasteiger partial charge in [0, 0.05) is 24.7 Å². The zero-order chi connectivity index (χ0) is 16.4. The van der Waals surface area contributed by atoms with Crippen molar-refractivity contribution in [1.29, 1.82) is 0 Å². The van der Waals surface area contributed by atoms with E-state index in [0.717, 1.165) is 4.47 Å². The quantitative estimate of drug-likeness (QED) is 0.563. The van der Waals surface area contributed by atoms with Crippen LogP contribution in [-0.4, -0.2) is 54.3 Å². The maximum Gasteiger partial charge on any atom is 0.246 e. The van der Waals surface area contributed by atoms with Crippen LogP contribution in [0.2, 0.25) is 0 Å². The smallest absolute Gasteiger partial charge is 0.246 e. The molecule has 0 atom stereocenters. The first-order valence-corrected chi connectivity index (χ1v) is 8.82. The fourth-order valence-electron chi connectivity index (χ4n) is 1.44. The van der Waals surface area contributed by atoms with Gasteiger partial charge in [-0.05, 0) is 24.3 Å². The molecule has 22 heavy (non-hydrogen) atoms. The number of rotatable bonds is 10. The molecule has 0 unspecified atom stereocenters. The molecule has 0 aliphatic rings. The summed E-state index contributed by atoms with van der Waals surface area (Å²) in [5.74, 6) is -0.307. The molecule has 0 aliphatic heterocycles. The van der Waals surface area contributed by atoms with E-state index in [0.29, 0.717) is 13.2 Å². The van der Waals surface area contributed by atoms with Gasteiger partial charge in [0.25, 0.3) is 0 Å². The highest BCUT2D eigenvalue weighted by molar-refractivity contribution is 9.10. The number of ether oxygens (including phenoxy) is 2. The number of sulfonamides is 1. The Balaban J connectivity index is 2.26. The van der Waals surface area contributed by atoms with E-state index in [1.807, 2.05) is 0 Å². The van der Waals surface area contributed by atoms with Gasteiger partial charge in [0.05, 0.1) is 18.1 Å². The summed E-state index contributed by atoms with van der Waals surface area (Å²) < 4.78 is 36.9. The van der Waals surface area contributed by atoms with E-state index in [9.17, 15) is 13.2 Å². The van der Waals surface area contributed by atoms with Crippen molar-refractivity contribution in [3.8, 4) is 0 Å². The number of halogens is 1. The molecule has 1 aromatic carbocycles. The van der Waals surface area contributed by atoms with Gasteiger partial charge in [0.15, 0.2) is 0 Å². The summed E-state index contributed by atoms with van der Waals surface area (Å²) in [4.78, 5) is 11.6. The zero-order valence-corrected chi connectivity index (χ0v) is 14.6. The molecule has 0 aromatic heterocycles. The predicted octanol–water partition coefficient (Wildman–Crippen LogP) is 0.507. The van der Waals surface area contributed by atoms with Crippen LogP contribution in [0, 0.1) is 0 Å². The molecule has 0 heterocycles. The molecule has 9 heteroatoms. The second-order valence-electron chi connectivity index (χ2n) is 4.25. The van der Waals surface area contributed by atoms with Crippen LogP contribution >= 0.6 is 15.9 Å². The average Bonchev–Trinajstić information content (AvgIpc) is 2.49. The standard InChI is InChI=1S/C13H19BrN2O5S/c1-20-8-9-21-10-13(17)15-6-7-16-22(18,19)12-4-2-11(14)3-5-12/h2-5,16H,6-10H2,1H3,(H,15,17). The molecule has 0 spiro atoms. The molecule has 0 saturated heterocycles. The van der Waals surface area contributed by atoms with Crippen molar-refractivity contribution in [2.75, 3.05) is 40.0 Å². The van der Waals surface area contributed by atoms with E-state index < -0.39 is 10.0 Å². The minimum Gasteiger partial charge on any atom is -0.382 e. The summed E-state index contributed by atoms with van der Waals surface area (Å²) in [6.45, 7) is 0.952. The van der Waals surface area contributed by atoms with Crippen LogP contribution in [0.3, 0.4) is 0 Å². The Labute approximate surface area is 138 Å². The minimum absolute atomic E-state index is 0.0805. The first-order chi connectivity index (χ1) is 10.5. The van der Waals surface area contributed by atoms with Crippen LogP contribution in [0.1, 0.15) is 0 Å². The molecule has 0 radical (unpaired) electrons. The molecule has 0 fully saturated rings. The van der Waals surface area contributed by atoms with Crippen LogP contribution in [0.4, 0.5) is 0 Å². The SMILES string of the molecule is COCCOCC(=O)NCCNS(=O)(=O)c1ccc(Br)cc1. The largest absolute Gasteiger partial charge is 0.382 e. The fraction of sp³-hybridized carbons (Fsp3) is 0.462. The van der Waals surface area contributed by atoms with E-state index in [1.165, 1.54) is 12.1 Å². The molecule has 0 aliphatic carbocycles. The van der Waals surface area contributed by atoms with Crippen molar-refractivity contribution in [3.63, 3.8) is 0 Å². The van der Waals surface area contributed by atoms with Crippen LogP contribution < -0.4 is 10.0 Å². The van der Waals surface area contributed by atoms with Gasteiger partial charge in [-0.2, -0.15) is 0 Å². The molecular formula is C13H19BrN2O5S. The van der Waals surface area contributed by atoms with Crippen molar-refractivity contribution in [2.45, 2.75) is 4.90 Å². The molecule has 1 rings (SSSR count). The topological polar surface area (TPSA) is 93.7 Å². The van der Waals surface area contributed by atoms with Crippen molar-refractivity contribution < 1.29 is 22.7 Å². The number of nitrogens with one attached hydrogen (secondary N) is 2. The third-order valence-electron chi connectivity index (χ3n) is 2.53. The molecule has 2 N–H and O–H groups in total. The van der Waals surface area contributed by atoms with Gasteiger partial charge in [0.1, 0.15) is 6.61 Å². The Hall–Kier alpha value is -1.00. The number of carbonyl (C=O) groups is 1. The highest BCUT2D eigenvalue weighted by Crippen LogP contribution is 2.14. The summed E-state index contributed by atoms with van der Waals surface area (Å²) in [6, 6.07) is 6.28. The highest BCUT2D eigenvalue weighted by Gasteiger charge is 2.12. The maximum absolute atomic E-state index is 12.0. The lowest BCUT2D eigenvalue weighted by atomic mass is 10.4. The van der Waals surface area contributed by atoms with Crippen LogP contribution in [-0.2, 0) is 24.3 Å². The van der Waals surface area contributed by atoms with Gasteiger partial charge in [0.2, 0.25) is 15.9 Å². The number of carbonyl (C=O) groups excluding carboxylic acids is 1. The van der Waals surface area contributed by atoms with E-state index in [2.05, 4.69) is 26.0 Å². The third kappa shape index (κ3) is 7.32. The lowest BCUT2D eigenvalue weighted by Crippen LogP contribution is -2.36. The summed E-state index contributed by atoms with van der Waals surface area (Å²) in [5, 5.41) is 2.55. The molecule has 1 amide bonds. The Morgan fingerprint density at radius 3 is 2.50 bits per heavy atom. The van der Waals surface area contributed by atoms with Gasteiger partial charge in [-0.1, -0.05) is 15.9 Å². The summed E-state index contributed by atoms with van der Waals surface area (Å²) in [5.41, 5.74) is 0. The number of amides is 1. The van der Waals surface area contributed by atoms with Gasteiger partial charge in [-0.3, -0.25) is 4.79 Å². The van der Waals surface area contributed by atoms with Gasteiger partial charge in [-0.25, -0.2) is 13.1 Å². The average molecular weight is 395 g/mol. The first kappa shape index (κ1) is 19.0. The van der Waals surface area contributed by atoms with Crippen molar-refractivity contribution in [2.24, 2.45) is 0 Å². The molecule has 7 nitrogen and oxygen atoms in total. The third-order valence-corrected chi connectivity index (χ3v) is 4.53. The summed E-state index contributed by atoms with van der Waals surface area (Å²) in [6.07, 6.45) is 0. The lowest BCUT2D eigenvalue weighted by Gasteiger charge is -2.08. The molecule has 124 valence electrons. The Morgan fingerprint density at radius 1 is 1.18 bits per heavy atom. The predicted molar refractivity (Wildman–Crippen MR) is 85.0 cm³/mol. The van der Waals surface area contributed by atoms with Crippen LogP contribution in [0.5, 0.6) is 0 Å². The van der Waals surface area contributed by atoms with Crippen molar-refractivity contribution >= 4 is 31.9 Å². The number of hydrogen-bond donors (Lipinski definition) is 2. The van der Waals surface area contributed by atoms with Gasteiger partial charge < -0.3 is 14.8 Å². The molecular weight excluding hydrogens is 376 g/mol. The van der Waals surface area contributed by atoms with Crippen molar-refractivity contribution in [1.82, 2.24) is 10.0 Å². The van der Waals surface area contributed by atoms with Crippen molar-refractivity contribution in [3.05, 3.63) is 28.7 Å². The molecule has 1 aromatic rings. The molecule has 0 saturated carbocycles. The number of benzene rings is 1. The Bertz CT molecular complexity index is 562. The van der Waals surface area contributed by atoms with Gasteiger partial charge in [-0.15, -0.1) is 0 Å². The highest BCUT2D eigenvalue weighted by atomic mass is 79.9. The van der Waals surface area contributed by atoms with Gasteiger partial charge >= 0.3 is 0 Å². The van der Waals surface area contributed by atoms with E-state index in [1.54, 1.807) is 19.2 Å². The summed E-state index contributed by atoms with van der Waals surface area (Å²) >= 11 is 3.24. The Morgan fingerprint density at radius 2 is 1.86 bits per heavy atom. The minimum atomic E-state index is -3.57. The van der Waals surface area contributed by atoms with E-state index in [4.69, 9.17) is 9.47 Å². The first-order valence-electron chi connectivity index (χ1n) is 6.54. The normalized spacial score (nSPS) is 11.4. The molecule has 0 bridgehead atoms.